The molecule has 3 aromatic carbocycles. The standard InChI is InChI=1S/C28H26FN5O4/c1-17-25(27(35)33-21-9-11-22(36-2)12-10-21)26(34-28(32-17)30-16-31-34)19-6-13-23(24(14-19)37-3)38-15-18-4-7-20(29)8-5-18/h4-14,16,26H,15H2,1-3H3,(H,33,35)(H,30,31,32)/t26-/m1/s1. The molecule has 1 amide bonds. The molecular formula is C28H26FN5O4. The van der Waals surface area contributed by atoms with Gasteiger partial charge in [-0.15, -0.1) is 0 Å². The molecule has 0 fully saturated rings. The topological polar surface area (TPSA) is 99.5 Å². The van der Waals surface area contributed by atoms with E-state index in [4.69, 9.17) is 14.2 Å². The predicted octanol–water partition coefficient (Wildman–Crippen LogP) is 4.94. The lowest BCUT2D eigenvalue weighted by molar-refractivity contribution is -0.113. The number of methoxy groups -OCH3 is 2. The number of hydrogen-bond donors (Lipinski definition) is 2. The van der Waals surface area contributed by atoms with Gasteiger partial charge in [0.25, 0.3) is 5.91 Å². The number of benzene rings is 3. The van der Waals surface area contributed by atoms with Crippen LogP contribution in [0.25, 0.3) is 0 Å². The third kappa shape index (κ3) is 5.01. The number of carbonyl (C=O) groups excluding carboxylic acids is 1. The van der Waals surface area contributed by atoms with Crippen LogP contribution < -0.4 is 24.8 Å². The molecule has 1 atom stereocenters. The number of nitrogens with zero attached hydrogens (tertiary/aromatic N) is 3. The van der Waals surface area contributed by atoms with Gasteiger partial charge in [0.05, 0.1) is 19.8 Å². The Morgan fingerprint density at radius 3 is 2.50 bits per heavy atom. The lowest BCUT2D eigenvalue weighted by Crippen LogP contribution is -2.31. The molecule has 0 saturated carbocycles. The first-order valence-electron chi connectivity index (χ1n) is 11.8. The minimum atomic E-state index is -0.577. The number of nitrogens with one attached hydrogen (secondary N) is 2. The smallest absolute Gasteiger partial charge is 0.255 e. The van der Waals surface area contributed by atoms with E-state index in [0.717, 1.165) is 11.1 Å². The summed E-state index contributed by atoms with van der Waals surface area (Å²) in [6.07, 6.45) is 1.43. The highest BCUT2D eigenvalue weighted by Gasteiger charge is 2.34. The number of anilines is 2. The quantitative estimate of drug-likeness (QED) is 0.343. The van der Waals surface area contributed by atoms with Crippen LogP contribution in [0.2, 0.25) is 0 Å². The van der Waals surface area contributed by atoms with E-state index in [1.807, 2.05) is 19.1 Å². The Morgan fingerprint density at radius 1 is 1.03 bits per heavy atom. The second-order valence-corrected chi connectivity index (χ2v) is 8.60. The van der Waals surface area contributed by atoms with Crippen molar-refractivity contribution in [2.24, 2.45) is 0 Å². The first-order chi connectivity index (χ1) is 18.5. The summed E-state index contributed by atoms with van der Waals surface area (Å²) in [5.74, 6) is 1.61. The molecule has 0 spiro atoms. The first kappa shape index (κ1) is 24.8. The second kappa shape index (κ2) is 10.6. The molecule has 2 N–H and O–H groups in total. The molecule has 0 saturated heterocycles. The van der Waals surface area contributed by atoms with E-state index in [1.54, 1.807) is 61.4 Å². The molecule has 0 radical (unpaired) electrons. The number of allylic oxidation sites excluding steroid dienone is 1. The normalized spacial score (nSPS) is 14.4. The van der Waals surface area contributed by atoms with Crippen LogP contribution >= 0.6 is 0 Å². The SMILES string of the molecule is COc1ccc(NC(=O)C2=C(C)Nc3ncnn3[C@@H]2c2ccc(OCc3ccc(F)cc3)c(OC)c2)cc1. The van der Waals surface area contributed by atoms with Gasteiger partial charge >= 0.3 is 0 Å². The Kier molecular flexibility index (Phi) is 6.94. The molecule has 38 heavy (non-hydrogen) atoms. The highest BCUT2D eigenvalue weighted by atomic mass is 19.1. The number of aromatic nitrogens is 3. The lowest BCUT2D eigenvalue weighted by Gasteiger charge is -2.29. The Morgan fingerprint density at radius 2 is 1.79 bits per heavy atom. The Balaban J connectivity index is 1.45. The fraction of sp³-hybridized carbons (Fsp3) is 0.179. The van der Waals surface area contributed by atoms with Gasteiger partial charge in [0.1, 0.15) is 30.5 Å². The van der Waals surface area contributed by atoms with Gasteiger partial charge in [-0.25, -0.2) is 9.07 Å². The summed E-state index contributed by atoms with van der Waals surface area (Å²) in [5.41, 5.74) is 3.32. The van der Waals surface area contributed by atoms with Gasteiger partial charge in [-0.3, -0.25) is 4.79 Å². The van der Waals surface area contributed by atoms with Crippen LogP contribution in [0.5, 0.6) is 17.2 Å². The van der Waals surface area contributed by atoms with Gasteiger partial charge in [0.15, 0.2) is 11.5 Å². The van der Waals surface area contributed by atoms with E-state index in [9.17, 15) is 9.18 Å². The summed E-state index contributed by atoms with van der Waals surface area (Å²) in [4.78, 5) is 17.9. The summed E-state index contributed by atoms with van der Waals surface area (Å²) in [6.45, 7) is 2.07. The van der Waals surface area contributed by atoms with Gasteiger partial charge in [-0.05, 0) is 66.6 Å². The minimum Gasteiger partial charge on any atom is -0.497 e. The van der Waals surface area contributed by atoms with E-state index < -0.39 is 6.04 Å². The van der Waals surface area contributed by atoms with E-state index in [-0.39, 0.29) is 18.3 Å². The number of halogens is 1. The molecule has 1 aliphatic rings. The average molecular weight is 516 g/mol. The monoisotopic (exact) mass is 515 g/mol. The molecule has 0 unspecified atom stereocenters. The number of carbonyl (C=O) groups is 1. The molecule has 9 nitrogen and oxygen atoms in total. The van der Waals surface area contributed by atoms with Crippen LogP contribution in [0.3, 0.4) is 0 Å². The molecule has 2 heterocycles. The summed E-state index contributed by atoms with van der Waals surface area (Å²) in [7, 11) is 3.13. The van der Waals surface area contributed by atoms with Gasteiger partial charge < -0.3 is 24.8 Å². The number of fused-ring (bicyclic) bond motifs is 1. The van der Waals surface area contributed by atoms with Crippen molar-refractivity contribution in [3.05, 3.63) is 101 Å². The molecule has 0 aliphatic carbocycles. The molecule has 194 valence electrons. The van der Waals surface area contributed by atoms with Crippen molar-refractivity contribution in [1.29, 1.82) is 0 Å². The van der Waals surface area contributed by atoms with Gasteiger partial charge in [0.2, 0.25) is 5.95 Å². The van der Waals surface area contributed by atoms with E-state index in [2.05, 4.69) is 20.7 Å². The number of ether oxygens (including phenoxy) is 3. The summed E-state index contributed by atoms with van der Waals surface area (Å²) < 4.78 is 31.7. The summed E-state index contributed by atoms with van der Waals surface area (Å²) in [5, 5.41) is 10.5. The first-order valence-corrected chi connectivity index (χ1v) is 11.8. The van der Waals surface area contributed by atoms with E-state index in [1.165, 1.54) is 18.5 Å². The molecule has 1 aromatic heterocycles. The third-order valence-corrected chi connectivity index (χ3v) is 6.20. The fourth-order valence-corrected chi connectivity index (χ4v) is 4.28. The van der Waals surface area contributed by atoms with Crippen LogP contribution in [0, 0.1) is 5.82 Å². The molecule has 1 aliphatic heterocycles. The van der Waals surface area contributed by atoms with Crippen molar-refractivity contribution in [2.45, 2.75) is 19.6 Å². The van der Waals surface area contributed by atoms with Gasteiger partial charge in [-0.2, -0.15) is 10.1 Å². The van der Waals surface area contributed by atoms with Crippen molar-refractivity contribution >= 4 is 17.5 Å². The van der Waals surface area contributed by atoms with Crippen LogP contribution in [0.15, 0.2) is 84.3 Å². The third-order valence-electron chi connectivity index (χ3n) is 6.20. The molecule has 0 bridgehead atoms. The summed E-state index contributed by atoms with van der Waals surface area (Å²) >= 11 is 0. The summed E-state index contributed by atoms with van der Waals surface area (Å²) in [6, 6.07) is 18.1. The maximum Gasteiger partial charge on any atom is 0.255 e. The Bertz CT molecular complexity index is 1480. The maximum absolute atomic E-state index is 13.6. The molecular weight excluding hydrogens is 489 g/mol. The highest BCUT2D eigenvalue weighted by Crippen LogP contribution is 2.39. The predicted molar refractivity (Wildman–Crippen MR) is 140 cm³/mol. The zero-order valence-corrected chi connectivity index (χ0v) is 21.1. The van der Waals surface area contributed by atoms with Crippen LogP contribution in [0.4, 0.5) is 16.0 Å². The van der Waals surface area contributed by atoms with Crippen LogP contribution in [-0.4, -0.2) is 34.9 Å². The Labute approximate surface area is 218 Å². The van der Waals surface area contributed by atoms with E-state index in [0.29, 0.717) is 40.2 Å². The van der Waals surface area contributed by atoms with Crippen molar-refractivity contribution in [3.8, 4) is 17.2 Å². The number of amides is 1. The minimum absolute atomic E-state index is 0.241. The van der Waals surface area contributed by atoms with Crippen molar-refractivity contribution in [1.82, 2.24) is 14.8 Å². The fourth-order valence-electron chi connectivity index (χ4n) is 4.28. The zero-order chi connectivity index (χ0) is 26.6. The largest absolute Gasteiger partial charge is 0.497 e. The number of hydrogen-bond acceptors (Lipinski definition) is 7. The Hall–Kier alpha value is -4.86. The lowest BCUT2D eigenvalue weighted by atomic mass is 9.94. The van der Waals surface area contributed by atoms with Crippen molar-refractivity contribution < 1.29 is 23.4 Å². The van der Waals surface area contributed by atoms with Gasteiger partial charge in [0, 0.05) is 11.4 Å². The second-order valence-electron chi connectivity index (χ2n) is 8.60. The highest BCUT2D eigenvalue weighted by molar-refractivity contribution is 6.06. The van der Waals surface area contributed by atoms with Crippen LogP contribution in [-0.2, 0) is 11.4 Å². The average Bonchev–Trinajstić information content (AvgIpc) is 3.40. The van der Waals surface area contributed by atoms with Crippen LogP contribution in [0.1, 0.15) is 24.1 Å². The van der Waals surface area contributed by atoms with Crippen molar-refractivity contribution in [2.75, 3.05) is 24.9 Å². The van der Waals surface area contributed by atoms with Crippen molar-refractivity contribution in [3.63, 3.8) is 0 Å². The number of rotatable bonds is 8. The molecule has 10 heteroatoms. The molecule has 5 rings (SSSR count). The molecule has 4 aromatic rings. The van der Waals surface area contributed by atoms with E-state index >= 15 is 0 Å². The zero-order valence-electron chi connectivity index (χ0n) is 21.1. The maximum atomic E-state index is 13.6. The van der Waals surface area contributed by atoms with Gasteiger partial charge in [-0.1, -0.05) is 18.2 Å².